The first-order chi connectivity index (χ1) is 7.70. The topological polar surface area (TPSA) is 41.1 Å². The lowest BCUT2D eigenvalue weighted by Gasteiger charge is -2.26. The van der Waals surface area contributed by atoms with Crippen molar-refractivity contribution in [2.24, 2.45) is 0 Å². The zero-order valence-electron chi connectivity index (χ0n) is 9.75. The first-order valence-corrected chi connectivity index (χ1v) is 8.06. The molecule has 0 saturated carbocycles. The molecule has 0 spiro atoms. The van der Waals surface area contributed by atoms with Gasteiger partial charge in [0.05, 0.1) is 6.04 Å². The van der Waals surface area contributed by atoms with Crippen molar-refractivity contribution in [3.05, 3.63) is 0 Å². The van der Waals surface area contributed by atoms with Gasteiger partial charge in [0.1, 0.15) is 0 Å². The quantitative estimate of drug-likeness (QED) is 0.797. The largest absolute Gasteiger partial charge is 0.353 e. The van der Waals surface area contributed by atoms with Crippen LogP contribution in [-0.4, -0.2) is 47.0 Å². The Morgan fingerprint density at radius 2 is 2.44 bits per heavy atom. The Morgan fingerprint density at radius 1 is 1.56 bits per heavy atom. The van der Waals surface area contributed by atoms with Crippen LogP contribution < -0.4 is 10.6 Å². The number of rotatable bonds is 3. The van der Waals surface area contributed by atoms with Gasteiger partial charge in [-0.25, -0.2) is 0 Å². The Morgan fingerprint density at radius 3 is 3.06 bits per heavy atom. The average molecular weight is 260 g/mol. The first-order valence-electron chi connectivity index (χ1n) is 5.92. The maximum Gasteiger partial charge on any atom is 0.238 e. The van der Waals surface area contributed by atoms with Gasteiger partial charge in [0.2, 0.25) is 5.91 Å². The van der Waals surface area contributed by atoms with E-state index in [1.807, 2.05) is 23.5 Å². The molecule has 2 aliphatic heterocycles. The van der Waals surface area contributed by atoms with E-state index in [1.165, 1.54) is 18.6 Å². The van der Waals surface area contributed by atoms with Gasteiger partial charge in [-0.2, -0.15) is 23.5 Å². The van der Waals surface area contributed by atoms with Gasteiger partial charge in [-0.1, -0.05) is 0 Å². The van der Waals surface area contributed by atoms with Crippen molar-refractivity contribution in [1.82, 2.24) is 10.6 Å². The van der Waals surface area contributed by atoms with Crippen molar-refractivity contribution in [3.63, 3.8) is 0 Å². The molecule has 3 nitrogen and oxygen atoms in total. The summed E-state index contributed by atoms with van der Waals surface area (Å²) in [4.78, 5) is 11.9. The Balaban J connectivity index is 1.74. The van der Waals surface area contributed by atoms with Gasteiger partial charge in [0, 0.05) is 29.3 Å². The van der Waals surface area contributed by atoms with E-state index in [9.17, 15) is 4.79 Å². The minimum atomic E-state index is 0.0220. The third kappa shape index (κ3) is 3.31. The summed E-state index contributed by atoms with van der Waals surface area (Å²) in [6, 6.07) is 0.0220. The molecule has 2 saturated heterocycles. The Hall–Kier alpha value is 0.130. The molecule has 92 valence electrons. The molecule has 2 N–H and O–H groups in total. The third-order valence-corrected chi connectivity index (χ3v) is 5.78. The van der Waals surface area contributed by atoms with Gasteiger partial charge in [-0.05, 0) is 25.5 Å². The molecule has 1 amide bonds. The molecular weight excluding hydrogens is 240 g/mol. The predicted octanol–water partition coefficient (Wildman–Crippen LogP) is 1.09. The van der Waals surface area contributed by atoms with Gasteiger partial charge in [0.25, 0.3) is 0 Å². The van der Waals surface area contributed by atoms with Crippen molar-refractivity contribution in [2.75, 3.05) is 30.3 Å². The molecule has 0 aromatic rings. The number of thioether (sulfide) groups is 2. The highest BCUT2D eigenvalue weighted by Crippen LogP contribution is 2.36. The van der Waals surface area contributed by atoms with Gasteiger partial charge >= 0.3 is 0 Å². The third-order valence-electron chi connectivity index (χ3n) is 3.18. The standard InChI is InChI=1S/C11H20N2OS2/c1-11(3-2-5-16-11)8-13-10(14)9-7-15-6-4-12-9/h9,12H,2-8H2,1H3,(H,13,14). The highest BCUT2D eigenvalue weighted by atomic mass is 32.2. The van der Waals surface area contributed by atoms with E-state index in [-0.39, 0.29) is 16.7 Å². The minimum absolute atomic E-state index is 0.0220. The summed E-state index contributed by atoms with van der Waals surface area (Å²) < 4.78 is 0.275. The van der Waals surface area contributed by atoms with Crippen molar-refractivity contribution >= 4 is 29.4 Å². The summed E-state index contributed by atoms with van der Waals surface area (Å²) in [5.41, 5.74) is 0. The van der Waals surface area contributed by atoms with Gasteiger partial charge in [-0.3, -0.25) is 4.79 Å². The second kappa shape index (κ2) is 5.65. The fraction of sp³-hybridized carbons (Fsp3) is 0.909. The van der Waals surface area contributed by atoms with Crippen LogP contribution in [0.25, 0.3) is 0 Å². The molecule has 0 aromatic heterocycles. The molecule has 16 heavy (non-hydrogen) atoms. The number of carbonyl (C=O) groups excluding carboxylic acids is 1. The number of carbonyl (C=O) groups is 1. The second-order valence-electron chi connectivity index (χ2n) is 4.70. The fourth-order valence-electron chi connectivity index (χ4n) is 2.11. The van der Waals surface area contributed by atoms with Crippen molar-refractivity contribution in [1.29, 1.82) is 0 Å². The first kappa shape index (κ1) is 12.6. The maximum atomic E-state index is 11.9. The number of nitrogens with one attached hydrogen (secondary N) is 2. The second-order valence-corrected chi connectivity index (χ2v) is 7.53. The number of hydrogen-bond acceptors (Lipinski definition) is 4. The maximum absolute atomic E-state index is 11.9. The molecule has 0 aromatic carbocycles. The molecule has 2 heterocycles. The van der Waals surface area contributed by atoms with Crippen LogP contribution in [0.3, 0.4) is 0 Å². The lowest BCUT2D eigenvalue weighted by Crippen LogP contribution is -2.51. The fourth-order valence-corrected chi connectivity index (χ4v) is 4.29. The number of amides is 1. The lowest BCUT2D eigenvalue weighted by molar-refractivity contribution is -0.122. The molecule has 2 aliphatic rings. The van der Waals surface area contributed by atoms with Crippen LogP contribution in [0, 0.1) is 0 Å². The minimum Gasteiger partial charge on any atom is -0.353 e. The molecule has 0 radical (unpaired) electrons. The van der Waals surface area contributed by atoms with Crippen LogP contribution in [0.4, 0.5) is 0 Å². The lowest BCUT2D eigenvalue weighted by atomic mass is 10.1. The zero-order chi connectivity index (χ0) is 11.4. The van der Waals surface area contributed by atoms with Crippen LogP contribution in [0.2, 0.25) is 0 Å². The van der Waals surface area contributed by atoms with E-state index < -0.39 is 0 Å². The molecule has 2 fully saturated rings. The molecule has 2 atom stereocenters. The van der Waals surface area contributed by atoms with Crippen molar-refractivity contribution in [2.45, 2.75) is 30.6 Å². The average Bonchev–Trinajstić information content (AvgIpc) is 2.75. The van der Waals surface area contributed by atoms with Crippen LogP contribution in [0.15, 0.2) is 0 Å². The summed E-state index contributed by atoms with van der Waals surface area (Å²) in [5.74, 6) is 3.46. The smallest absolute Gasteiger partial charge is 0.238 e. The van der Waals surface area contributed by atoms with E-state index in [2.05, 4.69) is 17.6 Å². The molecule has 2 unspecified atom stereocenters. The van der Waals surface area contributed by atoms with E-state index in [1.54, 1.807) is 0 Å². The summed E-state index contributed by atoms with van der Waals surface area (Å²) in [5, 5.41) is 6.37. The summed E-state index contributed by atoms with van der Waals surface area (Å²) in [6.45, 7) is 4.03. The monoisotopic (exact) mass is 260 g/mol. The summed E-state index contributed by atoms with van der Waals surface area (Å²) in [6.07, 6.45) is 2.51. The Bertz CT molecular complexity index is 248. The van der Waals surface area contributed by atoms with Crippen molar-refractivity contribution in [3.8, 4) is 0 Å². The van der Waals surface area contributed by atoms with E-state index in [4.69, 9.17) is 0 Å². The van der Waals surface area contributed by atoms with E-state index >= 15 is 0 Å². The Labute approximate surface area is 106 Å². The molecule has 2 rings (SSSR count). The summed E-state index contributed by atoms with van der Waals surface area (Å²) in [7, 11) is 0. The zero-order valence-corrected chi connectivity index (χ0v) is 11.4. The predicted molar refractivity (Wildman–Crippen MR) is 72.2 cm³/mol. The van der Waals surface area contributed by atoms with E-state index in [0.717, 1.165) is 24.6 Å². The normalized spacial score (nSPS) is 34.9. The Kier molecular flexibility index (Phi) is 4.44. The molecule has 5 heteroatoms. The van der Waals surface area contributed by atoms with Crippen LogP contribution >= 0.6 is 23.5 Å². The van der Waals surface area contributed by atoms with E-state index in [0.29, 0.717) is 0 Å². The number of hydrogen-bond donors (Lipinski definition) is 2. The van der Waals surface area contributed by atoms with Crippen LogP contribution in [0.5, 0.6) is 0 Å². The molecule has 0 aliphatic carbocycles. The van der Waals surface area contributed by atoms with Crippen molar-refractivity contribution < 1.29 is 4.79 Å². The highest BCUT2D eigenvalue weighted by molar-refractivity contribution is 8.00. The molecular formula is C11H20N2OS2. The van der Waals surface area contributed by atoms with Gasteiger partial charge in [-0.15, -0.1) is 0 Å². The van der Waals surface area contributed by atoms with Gasteiger partial charge in [0.15, 0.2) is 0 Å². The van der Waals surface area contributed by atoms with Crippen LogP contribution in [0.1, 0.15) is 19.8 Å². The highest BCUT2D eigenvalue weighted by Gasteiger charge is 2.31. The summed E-state index contributed by atoms with van der Waals surface area (Å²) >= 11 is 3.85. The molecule has 0 bridgehead atoms. The van der Waals surface area contributed by atoms with Gasteiger partial charge < -0.3 is 10.6 Å². The SMILES string of the molecule is CC1(CNC(=O)C2CSCCN2)CCCS1. The van der Waals surface area contributed by atoms with Crippen LogP contribution in [-0.2, 0) is 4.79 Å².